The first-order valence-corrected chi connectivity index (χ1v) is 7.52. The van der Waals surface area contributed by atoms with Gasteiger partial charge in [0.15, 0.2) is 10.7 Å². The van der Waals surface area contributed by atoms with Crippen LogP contribution in [0.2, 0.25) is 0 Å². The lowest BCUT2D eigenvalue weighted by Crippen LogP contribution is -2.26. The van der Waals surface area contributed by atoms with Gasteiger partial charge in [-0.3, -0.25) is 4.79 Å². The van der Waals surface area contributed by atoms with Gasteiger partial charge >= 0.3 is 0 Å². The molecule has 0 aliphatic rings. The Morgan fingerprint density at radius 1 is 1.39 bits per heavy atom. The van der Waals surface area contributed by atoms with Gasteiger partial charge < -0.3 is 10.6 Å². The molecule has 0 aliphatic carbocycles. The van der Waals surface area contributed by atoms with E-state index in [1.807, 2.05) is 13.8 Å². The summed E-state index contributed by atoms with van der Waals surface area (Å²) in [6, 6.07) is 5.33. The molecule has 0 unspecified atom stereocenters. The summed E-state index contributed by atoms with van der Waals surface area (Å²) in [6.07, 6.45) is 0. The normalized spacial score (nSPS) is 10.7. The second kappa shape index (κ2) is 6.75. The van der Waals surface area contributed by atoms with Crippen molar-refractivity contribution >= 4 is 38.2 Å². The third-order valence-electron chi connectivity index (χ3n) is 2.04. The van der Waals surface area contributed by atoms with Crippen LogP contribution in [-0.2, 0) is 10.7 Å². The van der Waals surface area contributed by atoms with Gasteiger partial charge in [0.05, 0.1) is 5.56 Å². The second-order valence-electron chi connectivity index (χ2n) is 3.99. The summed E-state index contributed by atoms with van der Waals surface area (Å²) in [5, 5.41) is 5.48. The Kier molecular flexibility index (Phi) is 5.61. The minimum absolute atomic E-state index is 0.169. The molecule has 1 aromatic carbocycles. The summed E-state index contributed by atoms with van der Waals surface area (Å²) in [6.45, 7) is 3.91. The van der Waals surface area contributed by atoms with Crippen molar-refractivity contribution in [2.24, 2.45) is 0 Å². The highest BCUT2D eigenvalue weighted by atomic mass is 79.9. The molecule has 7 heteroatoms. The molecule has 2 N–H and O–H groups in total. The third-order valence-corrected chi connectivity index (χ3v) is 2.95. The first-order chi connectivity index (χ1) is 8.40. The van der Waals surface area contributed by atoms with E-state index in [0.717, 1.165) is 4.47 Å². The van der Waals surface area contributed by atoms with E-state index in [4.69, 9.17) is 0 Å². The zero-order chi connectivity index (χ0) is 13.7. The minimum Gasteiger partial charge on any atom is -0.382 e. The molecule has 0 fully saturated rings. The summed E-state index contributed by atoms with van der Waals surface area (Å²) in [7, 11) is -2.62. The predicted octanol–water partition coefficient (Wildman–Crippen LogP) is 1.57. The molecule has 1 amide bonds. The summed E-state index contributed by atoms with van der Waals surface area (Å²) in [4.78, 5) is 11.8. The van der Waals surface area contributed by atoms with Crippen LogP contribution in [0.4, 0.5) is 5.69 Å². The van der Waals surface area contributed by atoms with Gasteiger partial charge in [-0.25, -0.2) is 8.42 Å². The number of hydrogen-bond donors (Lipinski definition) is 3. The number of thiol groups is 1. The molecule has 0 aliphatic heterocycles. The first-order valence-electron chi connectivity index (χ1n) is 5.36. The fourth-order valence-electron chi connectivity index (χ4n) is 1.38. The Morgan fingerprint density at radius 2 is 2.06 bits per heavy atom. The Morgan fingerprint density at radius 3 is 2.61 bits per heavy atom. The monoisotopic (exact) mass is 334 g/mol. The first kappa shape index (κ1) is 15.0. The third kappa shape index (κ3) is 4.66. The van der Waals surface area contributed by atoms with Crippen molar-refractivity contribution in [2.75, 3.05) is 11.2 Å². The number of nitrogens with one attached hydrogen (secondary N) is 2. The second-order valence-corrected chi connectivity index (χ2v) is 5.88. The maximum Gasteiger partial charge on any atom is 0.254 e. The van der Waals surface area contributed by atoms with Crippen molar-refractivity contribution in [3.8, 4) is 0 Å². The Labute approximate surface area is 116 Å². The van der Waals surface area contributed by atoms with E-state index in [9.17, 15) is 13.2 Å². The zero-order valence-electron chi connectivity index (χ0n) is 10.1. The molecule has 100 valence electrons. The zero-order valence-corrected chi connectivity index (χ0v) is 12.5. The molecule has 0 saturated carbocycles. The topological polar surface area (TPSA) is 75.3 Å². The average molecular weight is 335 g/mol. The fraction of sp³-hybridized carbons (Fsp3) is 0.364. The predicted molar refractivity (Wildman–Crippen MR) is 75.5 cm³/mol. The lowest BCUT2D eigenvalue weighted by atomic mass is 10.1. The molecule has 0 spiro atoms. The van der Waals surface area contributed by atoms with Crippen LogP contribution in [0.25, 0.3) is 0 Å². The van der Waals surface area contributed by atoms with Gasteiger partial charge in [0.25, 0.3) is 5.91 Å². The van der Waals surface area contributed by atoms with Gasteiger partial charge in [-0.2, -0.15) is 0 Å². The summed E-state index contributed by atoms with van der Waals surface area (Å²) >= 11 is 3.33. The molecular formula is C11H15BrN2O3S. The van der Waals surface area contributed by atoms with Crippen LogP contribution in [0.15, 0.2) is 22.7 Å². The maximum atomic E-state index is 11.8. The minimum atomic E-state index is -2.62. The molecule has 0 atom stereocenters. The van der Waals surface area contributed by atoms with Gasteiger partial charge in [-0.05, 0) is 32.0 Å². The molecule has 18 heavy (non-hydrogen) atoms. The molecule has 0 aromatic heterocycles. The van der Waals surface area contributed by atoms with Crippen LogP contribution >= 0.6 is 15.9 Å². The Hall–Kier alpha value is -1.08. The number of rotatable bonds is 5. The van der Waals surface area contributed by atoms with Crippen LogP contribution in [0.5, 0.6) is 0 Å². The SMILES string of the molecule is CC(C)Nc1cc(Br)ccc1C(=O)NC[SH](=O)=O. The van der Waals surface area contributed by atoms with E-state index in [1.54, 1.807) is 18.2 Å². The van der Waals surface area contributed by atoms with Crippen LogP contribution in [0.1, 0.15) is 24.2 Å². The Balaban J connectivity index is 2.95. The average Bonchev–Trinajstić information content (AvgIpc) is 2.25. The van der Waals surface area contributed by atoms with Gasteiger partial charge in [0, 0.05) is 16.2 Å². The number of benzene rings is 1. The molecule has 0 heterocycles. The number of anilines is 1. The lowest BCUT2D eigenvalue weighted by Gasteiger charge is -2.14. The maximum absolute atomic E-state index is 11.8. The number of carbonyl (C=O) groups is 1. The van der Waals surface area contributed by atoms with Gasteiger partial charge in [0.2, 0.25) is 0 Å². The number of amides is 1. The lowest BCUT2D eigenvalue weighted by molar-refractivity contribution is 0.0961. The van der Waals surface area contributed by atoms with Crippen molar-refractivity contribution in [1.29, 1.82) is 0 Å². The smallest absolute Gasteiger partial charge is 0.254 e. The highest BCUT2D eigenvalue weighted by Crippen LogP contribution is 2.22. The summed E-state index contributed by atoms with van der Waals surface area (Å²) in [5.41, 5.74) is 1.08. The molecule has 5 nitrogen and oxygen atoms in total. The fourth-order valence-corrected chi connectivity index (χ4v) is 2.01. The van der Waals surface area contributed by atoms with Crippen molar-refractivity contribution in [1.82, 2.24) is 5.32 Å². The largest absolute Gasteiger partial charge is 0.382 e. The van der Waals surface area contributed by atoms with Crippen molar-refractivity contribution < 1.29 is 13.2 Å². The van der Waals surface area contributed by atoms with Crippen LogP contribution in [-0.4, -0.2) is 26.2 Å². The van der Waals surface area contributed by atoms with Gasteiger partial charge in [-0.15, -0.1) is 0 Å². The molecule has 0 saturated heterocycles. The molecular weight excluding hydrogens is 320 g/mol. The van der Waals surface area contributed by atoms with Gasteiger partial charge in [0.1, 0.15) is 5.88 Å². The van der Waals surface area contributed by atoms with E-state index in [1.165, 1.54) is 0 Å². The van der Waals surface area contributed by atoms with Crippen LogP contribution in [0.3, 0.4) is 0 Å². The quantitative estimate of drug-likeness (QED) is 0.714. The van der Waals surface area contributed by atoms with E-state index in [2.05, 4.69) is 26.6 Å². The van der Waals surface area contributed by atoms with Crippen molar-refractivity contribution in [2.45, 2.75) is 19.9 Å². The van der Waals surface area contributed by atoms with E-state index < -0.39 is 16.6 Å². The van der Waals surface area contributed by atoms with Crippen LogP contribution < -0.4 is 10.6 Å². The highest BCUT2D eigenvalue weighted by Gasteiger charge is 2.12. The molecule has 0 radical (unpaired) electrons. The summed E-state index contributed by atoms with van der Waals surface area (Å²) in [5.74, 6) is -0.768. The molecule has 1 aromatic rings. The highest BCUT2D eigenvalue weighted by molar-refractivity contribution is 9.10. The van der Waals surface area contributed by atoms with Crippen molar-refractivity contribution in [3.63, 3.8) is 0 Å². The number of carbonyl (C=O) groups excluding carboxylic acids is 1. The summed E-state index contributed by atoms with van der Waals surface area (Å²) < 4.78 is 21.7. The molecule has 1 rings (SSSR count). The standard InChI is InChI=1S/C11H15BrN2O3S/c1-7(2)14-10-5-8(12)3-4-9(10)11(15)13-6-18(16)17/h3-5,7,14,18H,6H2,1-2H3,(H,13,15). The Bertz CT molecular complexity index is 507. The van der Waals surface area contributed by atoms with Crippen molar-refractivity contribution in [3.05, 3.63) is 28.2 Å². The van der Waals surface area contributed by atoms with E-state index >= 15 is 0 Å². The number of halogens is 1. The van der Waals surface area contributed by atoms with E-state index in [0.29, 0.717) is 11.3 Å². The number of hydrogen-bond acceptors (Lipinski definition) is 4. The van der Waals surface area contributed by atoms with Gasteiger partial charge in [-0.1, -0.05) is 15.9 Å². The van der Waals surface area contributed by atoms with E-state index in [-0.39, 0.29) is 11.9 Å². The molecule has 0 bridgehead atoms. The van der Waals surface area contributed by atoms with Crippen LogP contribution in [0, 0.1) is 0 Å².